The zero-order chi connectivity index (χ0) is 20.7. The van der Waals surface area contributed by atoms with Crippen LogP contribution in [0.1, 0.15) is 30.8 Å². The van der Waals surface area contributed by atoms with Crippen LogP contribution in [0.4, 0.5) is 0 Å². The van der Waals surface area contributed by atoms with E-state index in [4.69, 9.17) is 9.72 Å². The summed E-state index contributed by atoms with van der Waals surface area (Å²) in [5.74, 6) is 0.566. The quantitative estimate of drug-likeness (QED) is 0.425. The van der Waals surface area contributed by atoms with Crippen LogP contribution in [0.25, 0.3) is 20.7 Å². The lowest BCUT2D eigenvalue weighted by molar-refractivity contribution is 0.0941. The van der Waals surface area contributed by atoms with Gasteiger partial charge in [-0.15, -0.1) is 27.8 Å². The Bertz CT molecular complexity index is 1280. The highest BCUT2D eigenvalue weighted by Crippen LogP contribution is 2.36. The molecule has 8 nitrogen and oxygen atoms in total. The molecule has 1 fully saturated rings. The van der Waals surface area contributed by atoms with Gasteiger partial charge in [-0.25, -0.2) is 14.9 Å². The molecule has 5 heterocycles. The summed E-state index contributed by atoms with van der Waals surface area (Å²) in [5.41, 5.74) is 0.519. The van der Waals surface area contributed by atoms with Crippen molar-refractivity contribution in [2.75, 3.05) is 6.61 Å². The summed E-state index contributed by atoms with van der Waals surface area (Å²) < 4.78 is 7.26. The van der Waals surface area contributed by atoms with Crippen molar-refractivity contribution < 1.29 is 4.74 Å². The van der Waals surface area contributed by atoms with Crippen LogP contribution in [-0.4, -0.2) is 37.4 Å². The maximum absolute atomic E-state index is 12.8. The number of hydrogen-bond donors (Lipinski definition) is 2. The van der Waals surface area contributed by atoms with E-state index < -0.39 is 0 Å². The van der Waals surface area contributed by atoms with Gasteiger partial charge >= 0.3 is 5.69 Å². The molecule has 4 aromatic heterocycles. The minimum absolute atomic E-state index is 0.0334. The topological polar surface area (TPSA) is 106 Å². The van der Waals surface area contributed by atoms with Crippen molar-refractivity contribution in [3.63, 3.8) is 0 Å². The molecule has 2 unspecified atom stereocenters. The van der Waals surface area contributed by atoms with Gasteiger partial charge in [0.25, 0.3) is 5.56 Å². The molecule has 0 bridgehead atoms. The van der Waals surface area contributed by atoms with Crippen molar-refractivity contribution >= 4 is 44.7 Å². The Kier molecular flexibility index (Phi) is 5.35. The molecule has 4 aromatic rings. The van der Waals surface area contributed by atoms with E-state index in [1.807, 2.05) is 29.8 Å². The van der Waals surface area contributed by atoms with E-state index in [9.17, 15) is 9.59 Å². The van der Waals surface area contributed by atoms with Crippen LogP contribution >= 0.6 is 34.4 Å². The molecule has 11 heteroatoms. The fourth-order valence-electron chi connectivity index (χ4n) is 3.53. The van der Waals surface area contributed by atoms with E-state index in [1.54, 1.807) is 15.9 Å². The van der Waals surface area contributed by atoms with Crippen LogP contribution in [0, 0.1) is 0 Å². The van der Waals surface area contributed by atoms with E-state index in [0.29, 0.717) is 27.7 Å². The highest BCUT2D eigenvalue weighted by atomic mass is 32.2. The Morgan fingerprint density at radius 3 is 3.07 bits per heavy atom. The van der Waals surface area contributed by atoms with Gasteiger partial charge in [-0.3, -0.25) is 9.36 Å². The third kappa shape index (κ3) is 3.66. The van der Waals surface area contributed by atoms with Gasteiger partial charge in [-0.1, -0.05) is 17.8 Å². The SMILES string of the molecule is CC(Sc1n[nH]c(=O)n1CC1CCCO1)c1nc2scc(-c3cccs3)c2c(=O)[nH]1. The Labute approximate surface area is 183 Å². The molecule has 2 atom stereocenters. The average Bonchev–Trinajstić information content (AvgIpc) is 3.51. The zero-order valence-electron chi connectivity index (χ0n) is 16.1. The monoisotopic (exact) mass is 461 g/mol. The van der Waals surface area contributed by atoms with Gasteiger partial charge in [-0.05, 0) is 31.2 Å². The van der Waals surface area contributed by atoms with Gasteiger partial charge in [-0.2, -0.15) is 0 Å². The van der Waals surface area contributed by atoms with Crippen LogP contribution in [0.5, 0.6) is 0 Å². The number of H-pyrrole nitrogens is 2. The van der Waals surface area contributed by atoms with Gasteiger partial charge in [0.1, 0.15) is 10.7 Å². The van der Waals surface area contributed by atoms with Gasteiger partial charge in [0.2, 0.25) is 0 Å². The fraction of sp³-hybridized carbons (Fsp3) is 0.368. The Hall–Kier alpha value is -2.21. The minimum Gasteiger partial charge on any atom is -0.376 e. The van der Waals surface area contributed by atoms with Crippen LogP contribution < -0.4 is 11.2 Å². The molecular formula is C19H19N5O3S3. The standard InChI is InChI=1S/C19H19N5O3S3/c1-10(30-19-23-22-18(26)24(19)8-11-4-2-6-27-11)15-20-16(25)14-12(9-29-17(14)21-15)13-5-3-7-28-13/h3,5,7,9-11H,2,4,6,8H2,1H3,(H,22,26)(H,20,21,25). The number of thioether (sulfide) groups is 1. The molecule has 0 saturated carbocycles. The largest absolute Gasteiger partial charge is 0.376 e. The second-order valence-corrected chi connectivity index (χ2v) is 10.2. The first kappa shape index (κ1) is 19.7. The van der Waals surface area contributed by atoms with Crippen molar-refractivity contribution in [3.8, 4) is 10.4 Å². The highest BCUT2D eigenvalue weighted by Gasteiger charge is 2.22. The number of hydrogen-bond acceptors (Lipinski definition) is 8. The van der Waals surface area contributed by atoms with Gasteiger partial charge in [0.05, 0.1) is 23.3 Å². The lowest BCUT2D eigenvalue weighted by atomic mass is 10.2. The third-order valence-electron chi connectivity index (χ3n) is 5.05. The molecule has 1 saturated heterocycles. The summed E-state index contributed by atoms with van der Waals surface area (Å²) in [6.45, 7) is 3.15. The molecule has 0 amide bonds. The highest BCUT2D eigenvalue weighted by molar-refractivity contribution is 7.99. The summed E-state index contributed by atoms with van der Waals surface area (Å²) in [5, 5.41) is 11.7. The summed E-state index contributed by atoms with van der Waals surface area (Å²) in [7, 11) is 0. The molecular weight excluding hydrogens is 442 g/mol. The smallest absolute Gasteiger partial charge is 0.344 e. The maximum atomic E-state index is 12.8. The summed E-state index contributed by atoms with van der Waals surface area (Å²) >= 11 is 4.45. The van der Waals surface area contributed by atoms with Crippen molar-refractivity contribution in [2.45, 2.75) is 42.8 Å². The fourth-order valence-corrected chi connectivity index (χ4v) is 6.22. The molecule has 1 aliphatic heterocycles. The van der Waals surface area contributed by atoms with E-state index in [0.717, 1.165) is 29.9 Å². The normalized spacial score (nSPS) is 17.7. The molecule has 30 heavy (non-hydrogen) atoms. The summed E-state index contributed by atoms with van der Waals surface area (Å²) in [4.78, 5) is 34.4. The molecule has 0 radical (unpaired) electrons. The predicted octanol–water partition coefficient (Wildman–Crippen LogP) is 3.63. The molecule has 5 rings (SSSR count). The summed E-state index contributed by atoms with van der Waals surface area (Å²) in [6, 6.07) is 3.97. The zero-order valence-corrected chi connectivity index (χ0v) is 18.5. The first-order chi connectivity index (χ1) is 14.6. The third-order valence-corrected chi connectivity index (χ3v) is 7.92. The molecule has 2 N–H and O–H groups in total. The number of thiophene rings is 2. The van der Waals surface area contributed by atoms with Crippen LogP contribution in [0.15, 0.2) is 37.6 Å². The molecule has 0 spiro atoms. The summed E-state index contributed by atoms with van der Waals surface area (Å²) in [6.07, 6.45) is 1.98. The number of aromatic nitrogens is 5. The maximum Gasteiger partial charge on any atom is 0.344 e. The number of rotatable bonds is 6. The van der Waals surface area contributed by atoms with E-state index in [-0.39, 0.29) is 22.6 Å². The molecule has 0 aliphatic carbocycles. The Morgan fingerprint density at radius 1 is 1.40 bits per heavy atom. The minimum atomic E-state index is -0.254. The van der Waals surface area contributed by atoms with Crippen molar-refractivity contribution in [3.05, 3.63) is 49.6 Å². The first-order valence-corrected chi connectivity index (χ1v) is 12.2. The second kappa shape index (κ2) is 8.14. The second-order valence-electron chi connectivity index (χ2n) is 7.08. The van der Waals surface area contributed by atoms with Crippen LogP contribution in [-0.2, 0) is 11.3 Å². The molecule has 0 aromatic carbocycles. The number of fused-ring (bicyclic) bond motifs is 1. The number of aromatic amines is 2. The van der Waals surface area contributed by atoms with Crippen molar-refractivity contribution in [1.29, 1.82) is 0 Å². The van der Waals surface area contributed by atoms with Gasteiger partial charge < -0.3 is 9.72 Å². The van der Waals surface area contributed by atoms with E-state index in [1.165, 1.54) is 23.1 Å². The lowest BCUT2D eigenvalue weighted by Crippen LogP contribution is -2.25. The van der Waals surface area contributed by atoms with Crippen molar-refractivity contribution in [1.82, 2.24) is 24.7 Å². The van der Waals surface area contributed by atoms with Gasteiger partial charge in [0.15, 0.2) is 5.16 Å². The van der Waals surface area contributed by atoms with E-state index in [2.05, 4.69) is 15.2 Å². The Balaban J connectivity index is 1.43. The number of nitrogens with one attached hydrogen (secondary N) is 2. The number of ether oxygens (including phenoxy) is 1. The first-order valence-electron chi connectivity index (χ1n) is 9.59. The molecule has 156 valence electrons. The predicted molar refractivity (Wildman–Crippen MR) is 120 cm³/mol. The number of nitrogens with zero attached hydrogens (tertiary/aromatic N) is 3. The van der Waals surface area contributed by atoms with Crippen LogP contribution in [0.3, 0.4) is 0 Å². The average molecular weight is 462 g/mol. The van der Waals surface area contributed by atoms with Gasteiger partial charge in [0, 0.05) is 22.4 Å². The van der Waals surface area contributed by atoms with Crippen molar-refractivity contribution in [2.24, 2.45) is 0 Å². The molecule has 1 aliphatic rings. The Morgan fingerprint density at radius 2 is 2.30 bits per heavy atom. The van der Waals surface area contributed by atoms with E-state index >= 15 is 0 Å². The lowest BCUT2D eigenvalue weighted by Gasteiger charge is -2.13. The van der Waals surface area contributed by atoms with Crippen LogP contribution in [0.2, 0.25) is 0 Å².